The van der Waals surface area contributed by atoms with Crippen LogP contribution in [0.15, 0.2) is 42.6 Å². The molecule has 3 aromatic rings. The fourth-order valence-corrected chi connectivity index (χ4v) is 9.51. The lowest BCUT2D eigenvalue weighted by Crippen LogP contribution is -2.47. The summed E-state index contributed by atoms with van der Waals surface area (Å²) in [6.45, 7) is 2.39. The van der Waals surface area contributed by atoms with E-state index in [1.165, 1.54) is 6.07 Å². The molecule has 308 valence electrons. The molecule has 0 bridgehead atoms. The maximum atomic E-state index is 15.3. The number of hydrogen-bond donors (Lipinski definition) is 4. The van der Waals surface area contributed by atoms with Crippen molar-refractivity contribution in [3.63, 3.8) is 0 Å². The molecular weight excluding hydrogens is 745 g/mol. The summed E-state index contributed by atoms with van der Waals surface area (Å²) in [6, 6.07) is 10.4. The normalized spacial score (nSPS) is 26.2. The van der Waals surface area contributed by atoms with Gasteiger partial charge in [-0.2, -0.15) is 0 Å². The van der Waals surface area contributed by atoms with Crippen LogP contribution in [0, 0.1) is 17.6 Å². The molecule has 58 heavy (non-hydrogen) atoms. The minimum Gasteiger partial charge on any atom is -0.374 e. The summed E-state index contributed by atoms with van der Waals surface area (Å²) in [4.78, 5) is 66.8. The molecule has 0 radical (unpaired) electrons. The number of amides is 4. The highest BCUT2D eigenvalue weighted by atomic mass is 19.1. The van der Waals surface area contributed by atoms with Crippen LogP contribution in [0.5, 0.6) is 0 Å². The molecule has 3 aliphatic heterocycles. The van der Waals surface area contributed by atoms with Crippen LogP contribution in [0.25, 0.3) is 11.4 Å². The van der Waals surface area contributed by atoms with Gasteiger partial charge in [-0.3, -0.25) is 29.4 Å². The van der Waals surface area contributed by atoms with Crippen molar-refractivity contribution < 1.29 is 28.0 Å². The number of nitrogens with zero attached hydrogens (tertiary/aromatic N) is 5. The number of halogens is 2. The molecule has 15 heteroatoms. The average molecular weight is 798 g/mol. The Bertz CT molecular complexity index is 1990. The van der Waals surface area contributed by atoms with Gasteiger partial charge in [-0.15, -0.1) is 0 Å². The number of pyridine rings is 1. The van der Waals surface area contributed by atoms with Crippen molar-refractivity contribution in [2.45, 2.75) is 126 Å². The number of anilines is 3. The summed E-state index contributed by atoms with van der Waals surface area (Å²) in [5.41, 5.74) is 1.68. The number of nitrogens with one attached hydrogen (secondary N) is 4. The molecule has 2 aromatic heterocycles. The summed E-state index contributed by atoms with van der Waals surface area (Å²) >= 11 is 0. The van der Waals surface area contributed by atoms with Crippen LogP contribution in [0.4, 0.5) is 26.2 Å². The third kappa shape index (κ3) is 9.29. The SMILES string of the molecule is O=C1CCC(Nc2ccc(C3CCN([C@H]4CC[C@H](C(=O)NC5CCC(Nc6ncc(F)c(-c7cccc(N8CCCCC8=O)n7)n6)CC5)CC4)CC3)c(F)c2)C(=O)N1. The maximum Gasteiger partial charge on any atom is 0.249 e. The van der Waals surface area contributed by atoms with Crippen molar-refractivity contribution in [2.75, 3.05) is 35.2 Å². The number of aromatic nitrogens is 3. The second-order valence-corrected chi connectivity index (χ2v) is 16.7. The van der Waals surface area contributed by atoms with Gasteiger partial charge in [0, 0.05) is 49.1 Å². The monoisotopic (exact) mass is 797 g/mol. The number of rotatable bonds is 10. The molecule has 2 saturated carbocycles. The smallest absolute Gasteiger partial charge is 0.249 e. The molecule has 1 unspecified atom stereocenters. The maximum absolute atomic E-state index is 15.3. The number of carbonyl (C=O) groups excluding carboxylic acids is 4. The molecule has 13 nitrogen and oxygen atoms in total. The lowest BCUT2D eigenvalue weighted by molar-refractivity contribution is -0.133. The second kappa shape index (κ2) is 17.8. The Kier molecular flexibility index (Phi) is 12.2. The lowest BCUT2D eigenvalue weighted by atomic mass is 9.82. The van der Waals surface area contributed by atoms with Gasteiger partial charge in [0.15, 0.2) is 5.82 Å². The number of benzene rings is 1. The summed E-state index contributed by atoms with van der Waals surface area (Å²) in [5, 5.41) is 12.1. The molecule has 5 fully saturated rings. The van der Waals surface area contributed by atoms with Gasteiger partial charge >= 0.3 is 0 Å². The quantitative estimate of drug-likeness (QED) is 0.184. The van der Waals surface area contributed by atoms with Crippen LogP contribution in [0.1, 0.15) is 108 Å². The Balaban J connectivity index is 0.754. The molecule has 5 aliphatic rings. The van der Waals surface area contributed by atoms with Crippen LogP contribution >= 0.6 is 0 Å². The first-order valence-electron chi connectivity index (χ1n) is 21.2. The predicted molar refractivity (Wildman–Crippen MR) is 215 cm³/mol. The van der Waals surface area contributed by atoms with E-state index < -0.39 is 11.9 Å². The average Bonchev–Trinajstić information content (AvgIpc) is 3.24. The first kappa shape index (κ1) is 39.8. The molecule has 1 atom stereocenters. The van der Waals surface area contributed by atoms with Crippen LogP contribution in [-0.4, -0.2) is 87.3 Å². The first-order valence-corrected chi connectivity index (χ1v) is 21.2. The Morgan fingerprint density at radius 2 is 1.55 bits per heavy atom. The number of likely N-dealkylation sites (tertiary alicyclic amines) is 1. The topological polar surface area (TPSA) is 162 Å². The molecule has 2 aliphatic carbocycles. The minimum atomic E-state index is -0.579. The van der Waals surface area contributed by atoms with Gasteiger partial charge in [0.2, 0.25) is 29.6 Å². The number of hydrogen-bond acceptors (Lipinski definition) is 10. The van der Waals surface area contributed by atoms with Crippen molar-refractivity contribution in [1.29, 1.82) is 0 Å². The van der Waals surface area contributed by atoms with Crippen LogP contribution in [0.3, 0.4) is 0 Å². The van der Waals surface area contributed by atoms with Gasteiger partial charge < -0.3 is 20.9 Å². The Hall–Kier alpha value is -5.05. The second-order valence-electron chi connectivity index (χ2n) is 16.7. The largest absolute Gasteiger partial charge is 0.374 e. The van der Waals surface area contributed by atoms with Crippen molar-refractivity contribution >= 4 is 41.1 Å². The predicted octanol–water partition coefficient (Wildman–Crippen LogP) is 5.83. The van der Waals surface area contributed by atoms with Crippen molar-refractivity contribution in [2.24, 2.45) is 5.92 Å². The number of carbonyl (C=O) groups is 4. The Morgan fingerprint density at radius 3 is 2.29 bits per heavy atom. The summed E-state index contributed by atoms with van der Waals surface area (Å²) in [7, 11) is 0. The van der Waals surface area contributed by atoms with Gasteiger partial charge in [0.05, 0.1) is 11.9 Å². The zero-order valence-corrected chi connectivity index (χ0v) is 32.9. The summed E-state index contributed by atoms with van der Waals surface area (Å²) < 4.78 is 30.2. The first-order chi connectivity index (χ1) is 28.2. The molecule has 5 heterocycles. The fourth-order valence-electron chi connectivity index (χ4n) is 9.51. The molecular formula is C43H53F2N9O4. The van der Waals surface area contributed by atoms with E-state index in [2.05, 4.69) is 41.1 Å². The lowest BCUT2D eigenvalue weighted by Gasteiger charge is -2.41. The number of imide groups is 1. The minimum absolute atomic E-state index is 0.0113. The van der Waals surface area contributed by atoms with Gasteiger partial charge in [-0.25, -0.2) is 23.7 Å². The van der Waals surface area contributed by atoms with E-state index >= 15 is 4.39 Å². The van der Waals surface area contributed by atoms with E-state index in [4.69, 9.17) is 0 Å². The van der Waals surface area contributed by atoms with Crippen LogP contribution < -0.4 is 26.2 Å². The molecule has 4 N–H and O–H groups in total. The molecule has 4 amide bonds. The summed E-state index contributed by atoms with van der Waals surface area (Å²) in [6.07, 6.45) is 12.8. The molecule has 8 rings (SSSR count). The Morgan fingerprint density at radius 1 is 0.776 bits per heavy atom. The van der Waals surface area contributed by atoms with Crippen molar-refractivity contribution in [1.82, 2.24) is 30.5 Å². The van der Waals surface area contributed by atoms with Crippen molar-refractivity contribution in [3.8, 4) is 11.4 Å². The molecule has 3 saturated heterocycles. The van der Waals surface area contributed by atoms with E-state index in [0.717, 1.165) is 96.3 Å². The van der Waals surface area contributed by atoms with Crippen LogP contribution in [-0.2, 0) is 19.2 Å². The van der Waals surface area contributed by atoms with Gasteiger partial charge in [-0.05, 0) is 132 Å². The highest BCUT2D eigenvalue weighted by Gasteiger charge is 2.34. The summed E-state index contributed by atoms with van der Waals surface area (Å²) in [5.74, 6) is -0.369. The molecule has 1 aromatic carbocycles. The van der Waals surface area contributed by atoms with E-state index in [1.54, 1.807) is 23.1 Å². The third-order valence-corrected chi connectivity index (χ3v) is 12.9. The van der Waals surface area contributed by atoms with Crippen molar-refractivity contribution in [3.05, 3.63) is 59.8 Å². The molecule has 0 spiro atoms. The van der Waals surface area contributed by atoms with E-state index in [-0.39, 0.29) is 65.5 Å². The Labute approximate surface area is 337 Å². The third-order valence-electron chi connectivity index (χ3n) is 12.9. The van der Waals surface area contributed by atoms with Crippen LogP contribution in [0.2, 0.25) is 0 Å². The van der Waals surface area contributed by atoms with E-state index in [9.17, 15) is 23.6 Å². The number of piperidine rings is 3. The standard InChI is InChI=1S/C43H53F2N9O4/c44-33-24-30(47-36-17-18-38(55)51-42(36)58)13-16-32(33)26-19-22-53(23-20-26)31-14-7-27(8-15-31)41(57)48-28-9-11-29(12-10-28)49-43-46-25-34(45)40(52-43)35-4-3-5-37(50-35)54-21-2-1-6-39(54)56/h3-5,13,16,24-29,31,36,47H,1-2,6-12,14-15,17-23H2,(H,48,57)(H,46,49,52)(H,51,55,58)/t27-,28?,29?,31-,36?. The van der Waals surface area contributed by atoms with Gasteiger partial charge in [0.25, 0.3) is 0 Å². The van der Waals surface area contributed by atoms with E-state index in [0.29, 0.717) is 54.1 Å². The van der Waals surface area contributed by atoms with Gasteiger partial charge in [0.1, 0.15) is 23.4 Å². The zero-order valence-electron chi connectivity index (χ0n) is 32.9. The highest BCUT2D eigenvalue weighted by Crippen LogP contribution is 2.36. The van der Waals surface area contributed by atoms with Gasteiger partial charge in [-0.1, -0.05) is 12.1 Å². The highest BCUT2D eigenvalue weighted by molar-refractivity contribution is 6.01. The zero-order chi connectivity index (χ0) is 40.2. The van der Waals surface area contributed by atoms with E-state index in [1.807, 2.05) is 12.1 Å². The fraction of sp³-hybridized carbons (Fsp3) is 0.558.